The number of halogens is 1. The van der Waals surface area contributed by atoms with Crippen molar-refractivity contribution in [3.8, 4) is 0 Å². The number of carbonyl (C=O) groups is 2. The van der Waals surface area contributed by atoms with Gasteiger partial charge in [-0.1, -0.05) is 11.6 Å². The molecule has 2 aromatic heterocycles. The molecule has 0 fully saturated rings. The second-order valence-electron chi connectivity index (χ2n) is 3.49. The van der Waals surface area contributed by atoms with Crippen LogP contribution in [0, 0.1) is 0 Å². The van der Waals surface area contributed by atoms with Crippen LogP contribution in [-0.4, -0.2) is 22.0 Å². The van der Waals surface area contributed by atoms with Crippen molar-refractivity contribution in [1.29, 1.82) is 0 Å². The summed E-state index contributed by atoms with van der Waals surface area (Å²) < 4.78 is 4.99. The highest BCUT2D eigenvalue weighted by molar-refractivity contribution is 6.30. The summed E-state index contributed by atoms with van der Waals surface area (Å²) in [5, 5.41) is 11.7. The minimum absolute atomic E-state index is 0.1000. The van der Waals surface area contributed by atoms with E-state index in [1.807, 2.05) is 0 Å². The molecule has 18 heavy (non-hydrogen) atoms. The zero-order chi connectivity index (χ0) is 13.1. The van der Waals surface area contributed by atoms with Crippen molar-refractivity contribution in [1.82, 2.24) is 10.3 Å². The molecule has 0 aromatic carbocycles. The molecule has 1 amide bonds. The van der Waals surface area contributed by atoms with Crippen molar-refractivity contribution in [2.24, 2.45) is 0 Å². The zero-order valence-corrected chi connectivity index (χ0v) is 9.82. The molecule has 6 nitrogen and oxygen atoms in total. The first-order chi connectivity index (χ1) is 8.56. The Kier molecular flexibility index (Phi) is 3.38. The van der Waals surface area contributed by atoms with E-state index in [0.717, 1.165) is 0 Å². The number of hydrogen-bond donors (Lipinski definition) is 3. The van der Waals surface area contributed by atoms with Gasteiger partial charge in [0.25, 0.3) is 5.91 Å². The number of carboxylic acids is 1. The van der Waals surface area contributed by atoms with E-state index in [2.05, 4.69) is 10.3 Å². The number of carboxylic acid groups (broad SMARTS) is 1. The molecule has 0 aliphatic carbocycles. The van der Waals surface area contributed by atoms with Crippen LogP contribution in [0.5, 0.6) is 0 Å². The number of H-pyrrole nitrogens is 1. The van der Waals surface area contributed by atoms with Crippen molar-refractivity contribution in [3.63, 3.8) is 0 Å². The van der Waals surface area contributed by atoms with Crippen molar-refractivity contribution < 1.29 is 19.1 Å². The molecule has 2 aromatic rings. The van der Waals surface area contributed by atoms with E-state index in [9.17, 15) is 9.59 Å². The van der Waals surface area contributed by atoms with Crippen molar-refractivity contribution >= 4 is 23.5 Å². The van der Waals surface area contributed by atoms with E-state index in [1.54, 1.807) is 0 Å². The Bertz CT molecular complexity index is 587. The number of nitrogens with one attached hydrogen (secondary N) is 2. The first kappa shape index (κ1) is 12.3. The standard InChI is InChI=1S/C11H9ClN2O4/c12-6-3-8(13-4-6)10(15)14-5-7-1-2-9(18-7)11(16)17/h1-4,13H,5H2,(H,14,15)(H,16,17). The van der Waals surface area contributed by atoms with Gasteiger partial charge in [0.1, 0.15) is 11.5 Å². The number of rotatable bonds is 4. The summed E-state index contributed by atoms with van der Waals surface area (Å²) in [6.07, 6.45) is 1.49. The summed E-state index contributed by atoms with van der Waals surface area (Å²) in [4.78, 5) is 24.9. The maximum Gasteiger partial charge on any atom is 0.371 e. The Labute approximate surface area is 107 Å². The summed E-state index contributed by atoms with van der Waals surface area (Å²) in [6, 6.07) is 4.31. The Morgan fingerprint density at radius 3 is 2.78 bits per heavy atom. The van der Waals surface area contributed by atoms with Crippen LogP contribution in [0.2, 0.25) is 5.02 Å². The van der Waals surface area contributed by atoms with Crippen LogP contribution in [0.25, 0.3) is 0 Å². The molecule has 0 aliphatic rings. The average molecular weight is 269 g/mol. The summed E-state index contributed by atoms with van der Waals surface area (Å²) in [7, 11) is 0. The molecule has 0 saturated carbocycles. The molecule has 0 bridgehead atoms. The SMILES string of the molecule is O=C(NCc1ccc(C(=O)O)o1)c1cc(Cl)c[nH]1. The molecule has 0 atom stereocenters. The first-order valence-electron chi connectivity index (χ1n) is 5.00. The van der Waals surface area contributed by atoms with E-state index in [1.165, 1.54) is 24.4 Å². The number of furan rings is 1. The van der Waals surface area contributed by atoms with Crippen molar-refractivity contribution in [2.45, 2.75) is 6.54 Å². The molecule has 0 unspecified atom stereocenters. The van der Waals surface area contributed by atoms with Crippen LogP contribution in [0.3, 0.4) is 0 Å². The summed E-state index contributed by atoms with van der Waals surface area (Å²) >= 11 is 5.66. The Hall–Kier alpha value is -2.21. The molecule has 0 radical (unpaired) electrons. The Balaban J connectivity index is 1.95. The van der Waals surface area contributed by atoms with Gasteiger partial charge in [-0.3, -0.25) is 4.79 Å². The highest BCUT2D eigenvalue weighted by atomic mass is 35.5. The fourth-order valence-corrected chi connectivity index (χ4v) is 1.51. The predicted octanol–water partition coefficient (Wildman–Crippen LogP) is 1.89. The normalized spacial score (nSPS) is 10.3. The van der Waals surface area contributed by atoms with Crippen LogP contribution >= 0.6 is 11.6 Å². The Morgan fingerprint density at radius 2 is 2.22 bits per heavy atom. The number of aromatic nitrogens is 1. The lowest BCUT2D eigenvalue weighted by atomic mass is 10.4. The third-order valence-corrected chi connectivity index (χ3v) is 2.41. The largest absolute Gasteiger partial charge is 0.475 e. The van der Waals surface area contributed by atoms with Gasteiger partial charge in [0.15, 0.2) is 0 Å². The van der Waals surface area contributed by atoms with Gasteiger partial charge < -0.3 is 19.8 Å². The maximum atomic E-state index is 11.6. The quantitative estimate of drug-likeness (QED) is 0.789. The molecular weight excluding hydrogens is 260 g/mol. The highest BCUT2D eigenvalue weighted by Gasteiger charge is 2.11. The second-order valence-corrected chi connectivity index (χ2v) is 3.92. The summed E-state index contributed by atoms with van der Waals surface area (Å²) in [5.74, 6) is -1.31. The van der Waals surface area contributed by atoms with Crippen molar-refractivity contribution in [2.75, 3.05) is 0 Å². The highest BCUT2D eigenvalue weighted by Crippen LogP contribution is 2.10. The lowest BCUT2D eigenvalue weighted by Crippen LogP contribution is -2.22. The van der Waals surface area contributed by atoms with Gasteiger partial charge in [-0.15, -0.1) is 0 Å². The van der Waals surface area contributed by atoms with Crippen LogP contribution in [0.15, 0.2) is 28.8 Å². The van der Waals surface area contributed by atoms with E-state index in [4.69, 9.17) is 21.1 Å². The molecule has 3 N–H and O–H groups in total. The fourth-order valence-electron chi connectivity index (χ4n) is 1.35. The van der Waals surface area contributed by atoms with Crippen molar-refractivity contribution in [3.05, 3.63) is 46.6 Å². The second kappa shape index (κ2) is 4.97. The number of amides is 1. The lowest BCUT2D eigenvalue weighted by molar-refractivity contribution is 0.0660. The minimum Gasteiger partial charge on any atom is -0.475 e. The van der Waals surface area contributed by atoms with Gasteiger partial charge in [-0.05, 0) is 18.2 Å². The number of aromatic carboxylic acids is 1. The smallest absolute Gasteiger partial charge is 0.371 e. The predicted molar refractivity (Wildman–Crippen MR) is 62.6 cm³/mol. The fraction of sp³-hybridized carbons (Fsp3) is 0.0909. The summed E-state index contributed by atoms with van der Waals surface area (Å²) in [6.45, 7) is 0.1000. The van der Waals surface area contributed by atoms with Crippen LogP contribution in [0.1, 0.15) is 26.8 Å². The van der Waals surface area contributed by atoms with E-state index >= 15 is 0 Å². The number of aromatic amines is 1. The maximum absolute atomic E-state index is 11.6. The molecule has 0 spiro atoms. The average Bonchev–Trinajstić information content (AvgIpc) is 2.94. The lowest BCUT2D eigenvalue weighted by Gasteiger charge is -2.00. The third-order valence-electron chi connectivity index (χ3n) is 2.19. The molecule has 2 heterocycles. The van der Waals surface area contributed by atoms with Gasteiger partial charge in [0.2, 0.25) is 5.76 Å². The number of hydrogen-bond acceptors (Lipinski definition) is 3. The third kappa shape index (κ3) is 2.72. The van der Waals surface area contributed by atoms with Crippen LogP contribution in [0.4, 0.5) is 0 Å². The van der Waals surface area contributed by atoms with Gasteiger partial charge >= 0.3 is 5.97 Å². The summed E-state index contributed by atoms with van der Waals surface area (Å²) in [5.41, 5.74) is 0.324. The van der Waals surface area contributed by atoms with Crippen LogP contribution < -0.4 is 5.32 Å². The van der Waals surface area contributed by atoms with Gasteiger partial charge in [-0.2, -0.15) is 0 Å². The topological polar surface area (TPSA) is 95.3 Å². The monoisotopic (exact) mass is 268 g/mol. The molecule has 2 rings (SSSR count). The van der Waals surface area contributed by atoms with E-state index in [-0.39, 0.29) is 18.2 Å². The minimum atomic E-state index is -1.15. The molecule has 7 heteroatoms. The van der Waals surface area contributed by atoms with Crippen LogP contribution in [-0.2, 0) is 6.54 Å². The molecular formula is C11H9ClN2O4. The molecule has 0 saturated heterocycles. The van der Waals surface area contributed by atoms with E-state index in [0.29, 0.717) is 16.5 Å². The van der Waals surface area contributed by atoms with Gasteiger partial charge in [0.05, 0.1) is 11.6 Å². The first-order valence-corrected chi connectivity index (χ1v) is 5.38. The zero-order valence-electron chi connectivity index (χ0n) is 9.07. The molecule has 94 valence electrons. The van der Waals surface area contributed by atoms with Gasteiger partial charge in [0, 0.05) is 6.20 Å². The Morgan fingerprint density at radius 1 is 1.44 bits per heavy atom. The molecule has 0 aliphatic heterocycles. The van der Waals surface area contributed by atoms with Gasteiger partial charge in [-0.25, -0.2) is 4.79 Å². The number of carbonyl (C=O) groups excluding carboxylic acids is 1. The van der Waals surface area contributed by atoms with E-state index < -0.39 is 5.97 Å².